The van der Waals surface area contributed by atoms with Crippen LogP contribution in [0.15, 0.2) is 22.3 Å². The van der Waals surface area contributed by atoms with Gasteiger partial charge >= 0.3 is 5.97 Å². The lowest BCUT2D eigenvalue weighted by atomic mass is 9.70. The Labute approximate surface area is 299 Å². The number of ketones is 2. The van der Waals surface area contributed by atoms with Crippen molar-refractivity contribution in [2.24, 2.45) is 5.41 Å². The van der Waals surface area contributed by atoms with Gasteiger partial charge in [-0.1, -0.05) is 58.8 Å². The van der Waals surface area contributed by atoms with Gasteiger partial charge in [0.05, 0.1) is 33.0 Å². The van der Waals surface area contributed by atoms with E-state index in [0.717, 1.165) is 18.8 Å². The highest BCUT2D eigenvalue weighted by molar-refractivity contribution is 7.80. The number of hydrogen-bond donors (Lipinski definition) is 4. The van der Waals surface area contributed by atoms with Gasteiger partial charge in [0.25, 0.3) is 0 Å². The number of aliphatic carboxylic acids is 1. The highest BCUT2D eigenvalue weighted by Gasteiger charge is 2.39. The number of carbonyl (C=O) groups is 5. The molecule has 0 aromatic carbocycles. The predicted molar refractivity (Wildman–Crippen MR) is 194 cm³/mol. The van der Waals surface area contributed by atoms with Crippen LogP contribution in [-0.2, 0) is 38.2 Å². The SMILES string of the molecule is CC1=C(CCC(=O)NCCOCCOCCOCCCCCCCCCCCS)C(=O)C(C)=C(C(C)(C)CC(=O)NCCCC(=O)O)C1=O. The van der Waals surface area contributed by atoms with Crippen LogP contribution < -0.4 is 10.6 Å². The van der Waals surface area contributed by atoms with E-state index in [9.17, 15) is 24.0 Å². The number of unbranched alkanes of at least 4 members (excludes halogenated alkanes) is 8. The molecule has 0 bridgehead atoms. The van der Waals surface area contributed by atoms with Gasteiger partial charge in [-0.05, 0) is 45.3 Å². The van der Waals surface area contributed by atoms with E-state index in [-0.39, 0.29) is 61.2 Å². The number of ether oxygens (including phenoxy) is 3. The second-order valence-electron chi connectivity index (χ2n) is 13.3. The number of rotatable bonds is 30. The smallest absolute Gasteiger partial charge is 0.303 e. The maximum Gasteiger partial charge on any atom is 0.303 e. The van der Waals surface area contributed by atoms with Crippen molar-refractivity contribution >= 4 is 42.0 Å². The van der Waals surface area contributed by atoms with Gasteiger partial charge in [0.1, 0.15) is 0 Å². The summed E-state index contributed by atoms with van der Waals surface area (Å²) in [5, 5.41) is 14.2. The summed E-state index contributed by atoms with van der Waals surface area (Å²) in [7, 11) is 0. The summed E-state index contributed by atoms with van der Waals surface area (Å²) >= 11 is 4.24. The minimum Gasteiger partial charge on any atom is -0.481 e. The van der Waals surface area contributed by atoms with Crippen molar-refractivity contribution in [2.75, 3.05) is 58.5 Å². The second-order valence-corrected chi connectivity index (χ2v) is 13.7. The minimum atomic E-state index is -0.937. The molecule has 2 amide bonds. The fourth-order valence-corrected chi connectivity index (χ4v) is 6.05. The molecule has 0 saturated carbocycles. The third kappa shape index (κ3) is 19.4. The number of carbonyl (C=O) groups excluding carboxylic acids is 4. The lowest BCUT2D eigenvalue weighted by molar-refractivity contribution is -0.137. The van der Waals surface area contributed by atoms with Crippen molar-refractivity contribution in [2.45, 2.75) is 118 Å². The van der Waals surface area contributed by atoms with E-state index in [1.165, 1.54) is 51.4 Å². The third-order valence-electron chi connectivity index (χ3n) is 8.54. The van der Waals surface area contributed by atoms with Crippen molar-refractivity contribution in [1.29, 1.82) is 0 Å². The molecule has 1 aliphatic carbocycles. The Kier molecular flexibility index (Phi) is 23.9. The molecule has 0 fully saturated rings. The van der Waals surface area contributed by atoms with Gasteiger partial charge in [-0.15, -0.1) is 0 Å². The Morgan fingerprint density at radius 2 is 1.18 bits per heavy atom. The van der Waals surface area contributed by atoms with Crippen LogP contribution in [0.4, 0.5) is 0 Å². The van der Waals surface area contributed by atoms with Gasteiger partial charge in [0.2, 0.25) is 11.8 Å². The molecule has 0 heterocycles. The molecule has 0 atom stereocenters. The Balaban J connectivity index is 2.19. The molecule has 49 heavy (non-hydrogen) atoms. The second kappa shape index (κ2) is 26.3. The number of hydrogen-bond acceptors (Lipinski definition) is 9. The van der Waals surface area contributed by atoms with Crippen LogP contribution >= 0.6 is 12.6 Å². The van der Waals surface area contributed by atoms with E-state index < -0.39 is 11.4 Å². The lowest BCUT2D eigenvalue weighted by Gasteiger charge is -2.32. The number of allylic oxidation sites excluding steroid dienone is 4. The summed E-state index contributed by atoms with van der Waals surface area (Å²) in [6.07, 6.45) is 11.8. The van der Waals surface area contributed by atoms with Crippen LogP contribution in [0.1, 0.15) is 118 Å². The molecule has 0 saturated heterocycles. The zero-order valence-electron chi connectivity index (χ0n) is 30.4. The zero-order valence-corrected chi connectivity index (χ0v) is 31.3. The summed E-state index contributed by atoms with van der Waals surface area (Å²) in [6, 6.07) is 0. The predicted octanol–water partition coefficient (Wildman–Crippen LogP) is 5.56. The summed E-state index contributed by atoms with van der Waals surface area (Å²) < 4.78 is 16.7. The van der Waals surface area contributed by atoms with Gasteiger partial charge in [-0.3, -0.25) is 24.0 Å². The Hall–Kier alpha value is -2.54. The van der Waals surface area contributed by atoms with Crippen molar-refractivity contribution in [3.05, 3.63) is 22.3 Å². The van der Waals surface area contributed by atoms with E-state index in [4.69, 9.17) is 19.3 Å². The topological polar surface area (TPSA) is 157 Å². The van der Waals surface area contributed by atoms with Crippen molar-refractivity contribution in [3.8, 4) is 0 Å². The van der Waals surface area contributed by atoms with Crippen LogP contribution in [0, 0.1) is 5.41 Å². The molecule has 280 valence electrons. The first-order valence-corrected chi connectivity index (χ1v) is 18.6. The zero-order chi connectivity index (χ0) is 36.5. The third-order valence-corrected chi connectivity index (χ3v) is 8.86. The number of carboxylic acids is 1. The maximum absolute atomic E-state index is 13.4. The molecule has 0 unspecified atom stereocenters. The lowest BCUT2D eigenvalue weighted by Crippen LogP contribution is -2.36. The van der Waals surface area contributed by atoms with Crippen LogP contribution in [0.3, 0.4) is 0 Å². The van der Waals surface area contributed by atoms with Gasteiger partial charge in [0.15, 0.2) is 11.6 Å². The first kappa shape index (κ1) is 44.5. The summed E-state index contributed by atoms with van der Waals surface area (Å²) in [4.78, 5) is 62.2. The summed E-state index contributed by atoms with van der Waals surface area (Å²) in [5.74, 6) is -1.10. The quantitative estimate of drug-likeness (QED) is 0.0426. The maximum atomic E-state index is 13.4. The van der Waals surface area contributed by atoms with E-state index in [0.29, 0.717) is 62.7 Å². The van der Waals surface area contributed by atoms with Gasteiger partial charge in [-0.25, -0.2) is 0 Å². The molecular weight excluding hydrogens is 648 g/mol. The van der Waals surface area contributed by atoms with Crippen LogP contribution in [-0.4, -0.2) is 92.9 Å². The van der Waals surface area contributed by atoms with Crippen molar-refractivity contribution in [1.82, 2.24) is 10.6 Å². The van der Waals surface area contributed by atoms with E-state index in [1.54, 1.807) is 27.7 Å². The molecule has 0 radical (unpaired) electrons. The first-order chi connectivity index (χ1) is 23.4. The minimum absolute atomic E-state index is 0.0302. The van der Waals surface area contributed by atoms with E-state index in [1.807, 2.05) is 0 Å². The molecule has 3 N–H and O–H groups in total. The number of thiol groups is 1. The molecule has 0 aromatic rings. The number of amides is 2. The Bertz CT molecular complexity index is 1120. The van der Waals surface area contributed by atoms with Gasteiger partial charge in [0, 0.05) is 66.7 Å². The molecule has 0 spiro atoms. The molecular formula is C37H62N2O9S. The average Bonchev–Trinajstić information content (AvgIpc) is 3.04. The Morgan fingerprint density at radius 1 is 0.653 bits per heavy atom. The fourth-order valence-electron chi connectivity index (χ4n) is 5.83. The van der Waals surface area contributed by atoms with Crippen LogP contribution in [0.5, 0.6) is 0 Å². The normalized spacial score (nSPS) is 13.7. The molecule has 0 aromatic heterocycles. The van der Waals surface area contributed by atoms with Gasteiger partial charge < -0.3 is 30.0 Å². The number of Topliss-reactive ketones (excluding diaryl/α,β-unsaturated/α-hetero) is 2. The molecule has 11 nitrogen and oxygen atoms in total. The average molecular weight is 711 g/mol. The Morgan fingerprint density at radius 3 is 1.78 bits per heavy atom. The number of carboxylic acid groups (broad SMARTS) is 1. The molecule has 0 aliphatic heterocycles. The van der Waals surface area contributed by atoms with Crippen LogP contribution in [0.2, 0.25) is 0 Å². The highest BCUT2D eigenvalue weighted by atomic mass is 32.1. The van der Waals surface area contributed by atoms with Crippen LogP contribution in [0.25, 0.3) is 0 Å². The van der Waals surface area contributed by atoms with E-state index >= 15 is 0 Å². The molecule has 1 rings (SSSR count). The molecule has 12 heteroatoms. The van der Waals surface area contributed by atoms with Crippen molar-refractivity contribution < 1.29 is 43.3 Å². The fraction of sp³-hybridized carbons (Fsp3) is 0.757. The number of nitrogens with one attached hydrogen (secondary N) is 2. The molecule has 1 aliphatic rings. The monoisotopic (exact) mass is 710 g/mol. The summed E-state index contributed by atoms with van der Waals surface area (Å²) in [6.45, 7) is 10.2. The first-order valence-electron chi connectivity index (χ1n) is 18.0. The highest BCUT2D eigenvalue weighted by Crippen LogP contribution is 2.39. The van der Waals surface area contributed by atoms with Crippen molar-refractivity contribution in [3.63, 3.8) is 0 Å². The van der Waals surface area contributed by atoms with E-state index in [2.05, 4.69) is 23.3 Å². The summed E-state index contributed by atoms with van der Waals surface area (Å²) in [5.41, 5.74) is 0.263. The van der Waals surface area contributed by atoms with Gasteiger partial charge in [-0.2, -0.15) is 12.6 Å². The largest absolute Gasteiger partial charge is 0.481 e. The standard InChI is InChI=1S/C37H62N2O9S/c1-28-30(35(44)29(2)34(36(28)45)37(3,4)27-32(41)38-18-14-15-33(42)43)16-17-31(40)39-19-21-47-23-25-48-24-22-46-20-12-10-8-6-5-7-9-11-13-26-49/h49H,5-27H2,1-4H3,(H,38,41)(H,39,40)(H,42,43).